The van der Waals surface area contributed by atoms with Gasteiger partial charge in [0.15, 0.2) is 0 Å². The van der Waals surface area contributed by atoms with Crippen molar-refractivity contribution < 1.29 is 0 Å². The Balaban J connectivity index is 3.43. The first-order valence-corrected chi connectivity index (χ1v) is 6.77. The summed E-state index contributed by atoms with van der Waals surface area (Å²) in [5.41, 5.74) is 9.54. The molecule has 0 unspecified atom stereocenters. The van der Waals surface area contributed by atoms with Crippen molar-refractivity contribution in [2.75, 3.05) is 0 Å². The van der Waals surface area contributed by atoms with Gasteiger partial charge in [-0.05, 0) is 79.3 Å². The summed E-state index contributed by atoms with van der Waals surface area (Å²) in [5.74, 6) is 0. The highest BCUT2D eigenvalue weighted by Gasteiger charge is 2.18. The van der Waals surface area contributed by atoms with Gasteiger partial charge in [0, 0.05) is 0 Å². The van der Waals surface area contributed by atoms with Gasteiger partial charge in [0.1, 0.15) is 0 Å². The fourth-order valence-electron chi connectivity index (χ4n) is 2.79. The maximum absolute atomic E-state index is 2.32. The highest BCUT2D eigenvalue weighted by atomic mass is 14.2. The van der Waals surface area contributed by atoms with E-state index in [1.165, 1.54) is 28.7 Å². The molecular weight excluding hydrogens is 204 g/mol. The summed E-state index contributed by atoms with van der Waals surface area (Å²) >= 11 is 0. The van der Waals surface area contributed by atoms with Crippen LogP contribution in [0.1, 0.15) is 61.1 Å². The van der Waals surface area contributed by atoms with E-state index in [0.29, 0.717) is 5.41 Å². The van der Waals surface area contributed by atoms with Crippen molar-refractivity contribution in [3.05, 3.63) is 33.4 Å². The first-order valence-electron chi connectivity index (χ1n) is 6.77. The van der Waals surface area contributed by atoms with Crippen LogP contribution in [-0.2, 0) is 12.8 Å². The van der Waals surface area contributed by atoms with E-state index >= 15 is 0 Å². The number of benzene rings is 1. The van der Waals surface area contributed by atoms with Gasteiger partial charge in [-0.15, -0.1) is 0 Å². The molecular formula is C17H28. The van der Waals surface area contributed by atoms with Crippen molar-refractivity contribution >= 4 is 0 Å². The van der Waals surface area contributed by atoms with E-state index in [9.17, 15) is 0 Å². The summed E-state index contributed by atoms with van der Waals surface area (Å²) in [5, 5.41) is 0. The van der Waals surface area contributed by atoms with Crippen LogP contribution in [0.4, 0.5) is 0 Å². The molecule has 0 fully saturated rings. The minimum absolute atomic E-state index is 0.363. The monoisotopic (exact) mass is 232 g/mol. The van der Waals surface area contributed by atoms with Gasteiger partial charge >= 0.3 is 0 Å². The van der Waals surface area contributed by atoms with Crippen LogP contribution in [-0.4, -0.2) is 0 Å². The van der Waals surface area contributed by atoms with Gasteiger partial charge in [-0.25, -0.2) is 0 Å². The Labute approximate surface area is 107 Å². The van der Waals surface area contributed by atoms with E-state index in [4.69, 9.17) is 0 Å². The highest BCUT2D eigenvalue weighted by Crippen LogP contribution is 2.31. The first kappa shape index (κ1) is 14.3. The van der Waals surface area contributed by atoms with Crippen LogP contribution in [0.15, 0.2) is 0 Å². The molecule has 96 valence electrons. The van der Waals surface area contributed by atoms with E-state index in [-0.39, 0.29) is 0 Å². The third kappa shape index (κ3) is 2.91. The molecule has 0 heteroatoms. The van der Waals surface area contributed by atoms with E-state index in [1.54, 1.807) is 11.1 Å². The van der Waals surface area contributed by atoms with Gasteiger partial charge in [-0.1, -0.05) is 27.7 Å². The molecule has 0 nitrogen and oxygen atoms in total. The van der Waals surface area contributed by atoms with Gasteiger partial charge in [-0.3, -0.25) is 0 Å². The first-order chi connectivity index (χ1) is 7.69. The highest BCUT2D eigenvalue weighted by molar-refractivity contribution is 5.50. The summed E-state index contributed by atoms with van der Waals surface area (Å²) in [6.07, 6.45) is 2.32. The zero-order chi connectivity index (χ0) is 13.4. The van der Waals surface area contributed by atoms with Crippen LogP contribution in [0, 0.1) is 33.1 Å². The molecule has 17 heavy (non-hydrogen) atoms. The Bertz CT molecular complexity index is 388. The third-order valence-corrected chi connectivity index (χ3v) is 4.00. The minimum atomic E-state index is 0.363. The molecule has 0 radical (unpaired) electrons. The van der Waals surface area contributed by atoms with Gasteiger partial charge < -0.3 is 0 Å². The van der Waals surface area contributed by atoms with Crippen molar-refractivity contribution in [3.63, 3.8) is 0 Å². The quantitative estimate of drug-likeness (QED) is 0.667. The Morgan fingerprint density at radius 2 is 1.06 bits per heavy atom. The Hall–Kier alpha value is -0.780. The van der Waals surface area contributed by atoms with Crippen LogP contribution in [0.2, 0.25) is 0 Å². The lowest BCUT2D eigenvalue weighted by molar-refractivity contribution is 0.409. The lowest BCUT2D eigenvalue weighted by Gasteiger charge is -2.25. The normalized spacial score (nSPS) is 12.0. The van der Waals surface area contributed by atoms with Gasteiger partial charge in [0.05, 0.1) is 0 Å². The SMILES string of the molecule is CCc1c(C)c(C)c(CC(C)(C)C)c(C)c1C. The topological polar surface area (TPSA) is 0 Å². The smallest absolute Gasteiger partial charge is 0.0224 e. The molecule has 1 rings (SSSR count). The molecule has 0 amide bonds. The van der Waals surface area contributed by atoms with Crippen molar-refractivity contribution in [1.82, 2.24) is 0 Å². The van der Waals surface area contributed by atoms with E-state index in [1.807, 2.05) is 0 Å². The third-order valence-electron chi connectivity index (χ3n) is 4.00. The van der Waals surface area contributed by atoms with Gasteiger partial charge in [0.25, 0.3) is 0 Å². The van der Waals surface area contributed by atoms with Crippen LogP contribution in [0.5, 0.6) is 0 Å². The summed E-state index contributed by atoms with van der Waals surface area (Å²) in [7, 11) is 0. The molecule has 0 atom stereocenters. The Morgan fingerprint density at radius 1 is 0.706 bits per heavy atom. The van der Waals surface area contributed by atoms with E-state index in [2.05, 4.69) is 55.4 Å². The number of hydrogen-bond donors (Lipinski definition) is 0. The molecule has 0 aliphatic heterocycles. The molecule has 0 aliphatic carbocycles. The zero-order valence-electron chi connectivity index (χ0n) is 12.9. The fourth-order valence-corrected chi connectivity index (χ4v) is 2.79. The predicted molar refractivity (Wildman–Crippen MR) is 77.9 cm³/mol. The second-order valence-corrected chi connectivity index (χ2v) is 6.55. The van der Waals surface area contributed by atoms with Crippen molar-refractivity contribution in [2.24, 2.45) is 5.41 Å². The second kappa shape index (κ2) is 4.84. The van der Waals surface area contributed by atoms with E-state index in [0.717, 1.165) is 6.42 Å². The molecule has 0 spiro atoms. The molecule has 0 aliphatic rings. The lowest BCUT2D eigenvalue weighted by Crippen LogP contribution is -2.14. The minimum Gasteiger partial charge on any atom is -0.0613 e. The number of hydrogen-bond acceptors (Lipinski definition) is 0. The summed E-state index contributed by atoms with van der Waals surface area (Å²) in [4.78, 5) is 0. The Morgan fingerprint density at radius 3 is 1.35 bits per heavy atom. The molecule has 0 heterocycles. The standard InChI is InChI=1S/C17H28/c1-9-15-11(2)13(4)16(10-17(6,7)8)14(5)12(15)3/h9-10H2,1-8H3. The Kier molecular flexibility index (Phi) is 4.06. The fraction of sp³-hybridized carbons (Fsp3) is 0.647. The summed E-state index contributed by atoms with van der Waals surface area (Å²) < 4.78 is 0. The molecule has 1 aromatic carbocycles. The van der Waals surface area contributed by atoms with Crippen molar-refractivity contribution in [3.8, 4) is 0 Å². The van der Waals surface area contributed by atoms with Crippen LogP contribution in [0.3, 0.4) is 0 Å². The second-order valence-electron chi connectivity index (χ2n) is 6.55. The largest absolute Gasteiger partial charge is 0.0613 e. The predicted octanol–water partition coefficient (Wildman–Crippen LogP) is 5.07. The molecule has 1 aromatic rings. The van der Waals surface area contributed by atoms with Gasteiger partial charge in [-0.2, -0.15) is 0 Å². The van der Waals surface area contributed by atoms with Crippen molar-refractivity contribution in [1.29, 1.82) is 0 Å². The van der Waals surface area contributed by atoms with Crippen LogP contribution < -0.4 is 0 Å². The average Bonchev–Trinajstić information content (AvgIpc) is 2.21. The molecule has 0 saturated carbocycles. The van der Waals surface area contributed by atoms with Gasteiger partial charge in [0.2, 0.25) is 0 Å². The maximum atomic E-state index is 2.32. The molecule has 0 bridgehead atoms. The maximum Gasteiger partial charge on any atom is -0.0224 e. The molecule has 0 N–H and O–H groups in total. The molecule has 0 saturated heterocycles. The molecule has 0 aromatic heterocycles. The van der Waals surface area contributed by atoms with E-state index < -0.39 is 0 Å². The van der Waals surface area contributed by atoms with Crippen LogP contribution in [0.25, 0.3) is 0 Å². The lowest BCUT2D eigenvalue weighted by atomic mass is 9.80. The van der Waals surface area contributed by atoms with Crippen molar-refractivity contribution in [2.45, 2.75) is 68.2 Å². The average molecular weight is 232 g/mol. The summed E-state index contributed by atoms with van der Waals surface area (Å²) in [6.45, 7) is 18.4. The number of rotatable bonds is 2. The summed E-state index contributed by atoms with van der Waals surface area (Å²) in [6, 6.07) is 0. The zero-order valence-corrected chi connectivity index (χ0v) is 12.9. The van der Waals surface area contributed by atoms with Crippen LogP contribution >= 0.6 is 0 Å².